The van der Waals surface area contributed by atoms with Gasteiger partial charge in [0.1, 0.15) is 0 Å². The van der Waals surface area contributed by atoms with Crippen LogP contribution < -0.4 is 0 Å². The van der Waals surface area contributed by atoms with E-state index in [1.165, 1.54) is 0 Å². The summed E-state index contributed by atoms with van der Waals surface area (Å²) in [5.41, 5.74) is 0.960. The van der Waals surface area contributed by atoms with Crippen LogP contribution in [-0.2, 0) is 9.22 Å². The van der Waals surface area contributed by atoms with Crippen molar-refractivity contribution in [2.45, 2.75) is 63.5 Å². The summed E-state index contributed by atoms with van der Waals surface area (Å²) in [6.45, 7) is 10.6. The van der Waals surface area contributed by atoms with Crippen LogP contribution in [0.25, 0.3) is 0 Å². The normalized spacial score (nSPS) is 21.9. The first-order valence-corrected chi connectivity index (χ1v) is 11.8. The van der Waals surface area contributed by atoms with Gasteiger partial charge in [-0.25, -0.2) is 0 Å². The van der Waals surface area contributed by atoms with E-state index in [0.717, 1.165) is 10.5 Å². The third kappa shape index (κ3) is 4.68. The third-order valence-electron chi connectivity index (χ3n) is 5.63. The Hall–Kier alpha value is -1.34. The van der Waals surface area contributed by atoms with Gasteiger partial charge in [0.15, 0.2) is 8.32 Å². The molecular weight excluding hydrogens is 359 g/mol. The fourth-order valence-corrected chi connectivity index (χ4v) is 4.02. The summed E-state index contributed by atoms with van der Waals surface area (Å²) in [5, 5.41) is -0.0384. The quantitative estimate of drug-likeness (QED) is 0.684. The van der Waals surface area contributed by atoms with E-state index < -0.39 is 26.4 Å². The van der Waals surface area contributed by atoms with Crippen LogP contribution in [0.2, 0.25) is 18.1 Å². The van der Waals surface area contributed by atoms with Gasteiger partial charge in [-0.3, -0.25) is 4.79 Å². The largest absolute Gasteiger partial charge is 0.471 e. The van der Waals surface area contributed by atoms with E-state index in [4.69, 9.17) is 4.43 Å². The van der Waals surface area contributed by atoms with Crippen LogP contribution in [-0.4, -0.2) is 44.5 Å². The van der Waals surface area contributed by atoms with Crippen molar-refractivity contribution in [2.24, 2.45) is 0 Å². The van der Waals surface area contributed by atoms with Crippen LogP contribution in [0, 0.1) is 0 Å². The lowest BCUT2D eigenvalue weighted by molar-refractivity contribution is -0.186. The average Bonchev–Trinajstić information content (AvgIpc) is 2.95. The molecule has 0 saturated carbocycles. The number of rotatable bonds is 4. The minimum absolute atomic E-state index is 0.0384. The highest BCUT2D eigenvalue weighted by Crippen LogP contribution is 2.39. The maximum absolute atomic E-state index is 13.0. The van der Waals surface area contributed by atoms with Crippen LogP contribution in [0.4, 0.5) is 13.2 Å². The predicted molar refractivity (Wildman–Crippen MR) is 98.5 cm³/mol. The second-order valence-corrected chi connectivity index (χ2v) is 13.3. The fourth-order valence-electron chi connectivity index (χ4n) is 2.97. The van der Waals surface area contributed by atoms with Gasteiger partial charge in [0.25, 0.3) is 0 Å². The van der Waals surface area contributed by atoms with E-state index in [1.54, 1.807) is 0 Å². The molecule has 0 radical (unpaired) electrons. The molecule has 1 aromatic carbocycles. The van der Waals surface area contributed by atoms with Gasteiger partial charge in [0, 0.05) is 12.5 Å². The Balaban J connectivity index is 2.18. The Morgan fingerprint density at radius 3 is 2.27 bits per heavy atom. The monoisotopic (exact) mass is 387 g/mol. The molecule has 2 rings (SSSR count). The molecule has 1 heterocycles. The molecule has 1 amide bonds. The van der Waals surface area contributed by atoms with Crippen molar-refractivity contribution in [1.29, 1.82) is 0 Å². The van der Waals surface area contributed by atoms with Crippen molar-refractivity contribution in [3.05, 3.63) is 35.9 Å². The molecule has 1 aromatic rings. The lowest BCUT2D eigenvalue weighted by Gasteiger charge is -2.38. The number of alkyl halides is 3. The number of nitrogens with zero attached hydrogens (tertiary/aromatic N) is 1. The Morgan fingerprint density at radius 1 is 1.19 bits per heavy atom. The number of carbonyl (C=O) groups excluding carboxylic acids is 1. The highest BCUT2D eigenvalue weighted by molar-refractivity contribution is 6.74. The Bertz CT molecular complexity index is 626. The van der Waals surface area contributed by atoms with Crippen LogP contribution in [0.3, 0.4) is 0 Å². The molecule has 3 nitrogen and oxygen atoms in total. The molecule has 1 aliphatic rings. The van der Waals surface area contributed by atoms with Crippen LogP contribution in [0.15, 0.2) is 30.3 Å². The third-order valence-corrected chi connectivity index (χ3v) is 10.1. The van der Waals surface area contributed by atoms with Crippen molar-refractivity contribution in [3.63, 3.8) is 0 Å². The lowest BCUT2D eigenvalue weighted by atomic mass is 9.97. The molecule has 0 aliphatic carbocycles. The molecule has 0 N–H and O–H groups in total. The molecule has 2 unspecified atom stereocenters. The second kappa shape index (κ2) is 7.35. The first-order valence-electron chi connectivity index (χ1n) is 8.89. The van der Waals surface area contributed by atoms with E-state index in [-0.39, 0.29) is 24.1 Å². The minimum Gasteiger partial charge on any atom is -0.415 e. The molecule has 26 heavy (non-hydrogen) atoms. The number of carbonyl (C=O) groups is 1. The van der Waals surface area contributed by atoms with Crippen LogP contribution in [0.1, 0.15) is 38.7 Å². The van der Waals surface area contributed by atoms with Crippen molar-refractivity contribution < 1.29 is 22.4 Å². The Morgan fingerprint density at radius 2 is 1.77 bits per heavy atom. The number of hydrogen-bond acceptors (Lipinski definition) is 2. The zero-order valence-corrected chi connectivity index (χ0v) is 17.1. The van der Waals surface area contributed by atoms with Gasteiger partial charge in [-0.05, 0) is 30.1 Å². The van der Waals surface area contributed by atoms with Gasteiger partial charge < -0.3 is 9.33 Å². The first kappa shape index (κ1) is 21.0. The molecule has 1 saturated heterocycles. The van der Waals surface area contributed by atoms with Crippen molar-refractivity contribution in [2.75, 3.05) is 13.2 Å². The maximum Gasteiger partial charge on any atom is 0.471 e. The molecule has 1 aliphatic heterocycles. The number of hydrogen-bond donors (Lipinski definition) is 0. The smallest absolute Gasteiger partial charge is 0.415 e. The molecule has 1 fully saturated rings. The zero-order chi connectivity index (χ0) is 19.8. The molecule has 2 atom stereocenters. The molecule has 0 aromatic heterocycles. The van der Waals surface area contributed by atoms with Gasteiger partial charge >= 0.3 is 12.1 Å². The van der Waals surface area contributed by atoms with Gasteiger partial charge in [-0.15, -0.1) is 0 Å². The zero-order valence-electron chi connectivity index (χ0n) is 16.1. The average molecular weight is 388 g/mol. The number of likely N-dealkylation sites (tertiary alicyclic amines) is 1. The molecule has 0 spiro atoms. The van der Waals surface area contributed by atoms with Crippen molar-refractivity contribution in [1.82, 2.24) is 4.90 Å². The fraction of sp³-hybridized carbons (Fsp3) is 0.632. The van der Waals surface area contributed by atoms with E-state index in [2.05, 4.69) is 33.9 Å². The van der Waals surface area contributed by atoms with E-state index in [0.29, 0.717) is 6.42 Å². The van der Waals surface area contributed by atoms with Crippen LogP contribution in [0.5, 0.6) is 0 Å². The van der Waals surface area contributed by atoms with E-state index in [1.807, 2.05) is 30.3 Å². The van der Waals surface area contributed by atoms with Gasteiger partial charge in [0.05, 0.1) is 12.6 Å². The molecule has 146 valence electrons. The summed E-state index contributed by atoms with van der Waals surface area (Å²) in [7, 11) is -2.10. The SMILES string of the molecule is CC(C)(C)[Si](C)(C)OCC1CC(c2ccccc2)CN1C(=O)C(F)(F)F. The Labute approximate surface area is 154 Å². The highest BCUT2D eigenvalue weighted by Gasteiger charge is 2.49. The lowest BCUT2D eigenvalue weighted by Crippen LogP contribution is -2.48. The summed E-state index contributed by atoms with van der Waals surface area (Å²) in [6, 6.07) is 8.85. The molecular formula is C19H28F3NO2Si. The molecule has 7 heteroatoms. The van der Waals surface area contributed by atoms with E-state index in [9.17, 15) is 18.0 Å². The van der Waals surface area contributed by atoms with Crippen molar-refractivity contribution in [3.8, 4) is 0 Å². The molecule has 0 bridgehead atoms. The first-order chi connectivity index (χ1) is 11.8. The number of halogens is 3. The minimum atomic E-state index is -4.86. The van der Waals surface area contributed by atoms with Gasteiger partial charge in [-0.2, -0.15) is 13.2 Å². The topological polar surface area (TPSA) is 29.5 Å². The standard InChI is InChI=1S/C19H28F3NO2Si/c1-18(2,3)26(4,5)25-13-16-11-15(14-9-7-6-8-10-14)12-23(16)17(24)19(20,21)22/h6-10,15-16H,11-13H2,1-5H3. The highest BCUT2D eigenvalue weighted by atomic mass is 28.4. The number of amides is 1. The summed E-state index contributed by atoms with van der Waals surface area (Å²) < 4.78 is 45.3. The Kier molecular flexibility index (Phi) is 5.92. The second-order valence-electron chi connectivity index (χ2n) is 8.52. The summed E-state index contributed by atoms with van der Waals surface area (Å²) in [4.78, 5) is 12.9. The van der Waals surface area contributed by atoms with Gasteiger partial charge in [0.2, 0.25) is 0 Å². The predicted octanol–water partition coefficient (Wildman–Crippen LogP) is 4.96. The number of benzene rings is 1. The van der Waals surface area contributed by atoms with Crippen molar-refractivity contribution >= 4 is 14.2 Å². The summed E-state index contributed by atoms with van der Waals surface area (Å²) >= 11 is 0. The summed E-state index contributed by atoms with van der Waals surface area (Å²) in [5.74, 6) is -1.87. The van der Waals surface area contributed by atoms with Gasteiger partial charge in [-0.1, -0.05) is 51.1 Å². The summed E-state index contributed by atoms with van der Waals surface area (Å²) in [6.07, 6.45) is -4.37. The van der Waals surface area contributed by atoms with E-state index >= 15 is 0 Å². The maximum atomic E-state index is 13.0. The van der Waals surface area contributed by atoms with Crippen LogP contribution >= 0.6 is 0 Å².